The Labute approximate surface area is 133 Å². The predicted octanol–water partition coefficient (Wildman–Crippen LogP) is 4.18. The van der Waals surface area contributed by atoms with Crippen molar-refractivity contribution in [2.24, 2.45) is 0 Å². The number of rotatable bonds is 2. The Morgan fingerprint density at radius 3 is 2.00 bits per heavy atom. The zero-order valence-corrected chi connectivity index (χ0v) is 12.3. The van der Waals surface area contributed by atoms with Crippen LogP contribution in [0.2, 0.25) is 0 Å². The third-order valence-corrected chi connectivity index (χ3v) is 3.75. The Hall–Kier alpha value is -2.35. The molecule has 1 heterocycles. The highest BCUT2D eigenvalue weighted by molar-refractivity contribution is 8.13. The van der Waals surface area contributed by atoms with Crippen LogP contribution in [0.3, 0.4) is 0 Å². The maximum absolute atomic E-state index is 13.4. The lowest BCUT2D eigenvalue weighted by Gasteiger charge is -2.29. The van der Waals surface area contributed by atoms with Gasteiger partial charge in [0.2, 0.25) is 0 Å². The van der Waals surface area contributed by atoms with Crippen LogP contribution in [0.25, 0.3) is 0 Å². The van der Waals surface area contributed by atoms with E-state index in [0.29, 0.717) is 16.7 Å². The predicted molar refractivity (Wildman–Crippen MR) is 77.3 cm³/mol. The van der Waals surface area contributed by atoms with Crippen LogP contribution in [0.1, 0.15) is 0 Å². The molecule has 23 heavy (non-hydrogen) atoms. The van der Waals surface area contributed by atoms with Gasteiger partial charge in [0.05, 0.1) is 0 Å². The standard InChI is InChI=1S/C15H10F3NO3S/c16-14(17,18)15(21-11-8-4-5-9-12(11)22-15)19-13(20)23-10-6-2-1-3-7-10/h1-9H,(H,19,20). The van der Waals surface area contributed by atoms with E-state index in [9.17, 15) is 18.0 Å². The Kier molecular flexibility index (Phi) is 3.85. The molecule has 0 saturated heterocycles. The molecule has 1 aliphatic rings. The van der Waals surface area contributed by atoms with Crippen molar-refractivity contribution in [2.75, 3.05) is 0 Å². The average molecular weight is 341 g/mol. The van der Waals surface area contributed by atoms with Crippen molar-refractivity contribution >= 4 is 17.0 Å². The van der Waals surface area contributed by atoms with Crippen LogP contribution in [0.15, 0.2) is 59.5 Å². The first-order valence-electron chi connectivity index (χ1n) is 6.48. The van der Waals surface area contributed by atoms with Crippen LogP contribution in [0.4, 0.5) is 18.0 Å². The van der Waals surface area contributed by atoms with Gasteiger partial charge < -0.3 is 9.47 Å². The van der Waals surface area contributed by atoms with Gasteiger partial charge in [0.1, 0.15) is 0 Å². The van der Waals surface area contributed by atoms with E-state index in [1.807, 2.05) is 0 Å². The molecule has 1 N–H and O–H groups in total. The maximum Gasteiger partial charge on any atom is 0.492 e. The van der Waals surface area contributed by atoms with Gasteiger partial charge in [-0.3, -0.25) is 10.1 Å². The van der Waals surface area contributed by atoms with Crippen molar-refractivity contribution in [3.8, 4) is 11.5 Å². The SMILES string of the molecule is O=C(NC1(C(F)(F)F)Oc2ccccc2O1)Sc1ccccc1. The molecule has 3 rings (SSSR count). The smallest absolute Gasteiger partial charge is 0.424 e. The minimum atomic E-state index is -4.96. The van der Waals surface area contributed by atoms with Crippen LogP contribution in [0.5, 0.6) is 11.5 Å². The molecule has 1 amide bonds. The van der Waals surface area contributed by atoms with Crippen molar-refractivity contribution in [3.63, 3.8) is 0 Å². The summed E-state index contributed by atoms with van der Waals surface area (Å²) in [4.78, 5) is 12.5. The number of hydrogen-bond acceptors (Lipinski definition) is 4. The number of thioether (sulfide) groups is 1. The van der Waals surface area contributed by atoms with Crippen LogP contribution in [-0.4, -0.2) is 17.3 Å². The first kappa shape index (κ1) is 15.5. The van der Waals surface area contributed by atoms with Crippen LogP contribution < -0.4 is 14.8 Å². The van der Waals surface area contributed by atoms with Crippen LogP contribution in [-0.2, 0) is 0 Å². The summed E-state index contributed by atoms with van der Waals surface area (Å²) in [5.41, 5.74) is 0. The molecular weight excluding hydrogens is 331 g/mol. The largest absolute Gasteiger partial charge is 0.492 e. The summed E-state index contributed by atoms with van der Waals surface area (Å²) in [6, 6.07) is 14.0. The lowest BCUT2D eigenvalue weighted by molar-refractivity contribution is -0.316. The fraction of sp³-hybridized carbons (Fsp3) is 0.133. The number of para-hydroxylation sites is 2. The van der Waals surface area contributed by atoms with E-state index in [0.717, 1.165) is 0 Å². The number of halogens is 3. The molecule has 8 heteroatoms. The summed E-state index contributed by atoms with van der Waals surface area (Å²) in [7, 11) is 0. The molecule has 0 saturated carbocycles. The molecule has 4 nitrogen and oxygen atoms in total. The zero-order valence-electron chi connectivity index (χ0n) is 11.5. The monoisotopic (exact) mass is 341 g/mol. The Morgan fingerprint density at radius 1 is 0.957 bits per heavy atom. The van der Waals surface area contributed by atoms with Crippen molar-refractivity contribution in [2.45, 2.75) is 17.0 Å². The summed E-state index contributed by atoms with van der Waals surface area (Å²) in [5, 5.41) is 0.839. The molecule has 0 aliphatic carbocycles. The second-order valence-corrected chi connectivity index (χ2v) is 5.64. The number of ether oxygens (including phenoxy) is 2. The molecule has 0 radical (unpaired) electrons. The first-order valence-corrected chi connectivity index (χ1v) is 7.30. The Balaban J connectivity index is 1.81. The summed E-state index contributed by atoms with van der Waals surface area (Å²) in [6.07, 6.45) is -4.96. The van der Waals surface area contributed by atoms with Crippen molar-refractivity contribution in [1.29, 1.82) is 0 Å². The van der Waals surface area contributed by atoms with E-state index < -0.39 is 17.3 Å². The van der Waals surface area contributed by atoms with E-state index in [4.69, 9.17) is 9.47 Å². The van der Waals surface area contributed by atoms with Crippen molar-refractivity contribution in [3.05, 3.63) is 54.6 Å². The van der Waals surface area contributed by atoms with Crippen molar-refractivity contribution in [1.82, 2.24) is 5.32 Å². The summed E-state index contributed by atoms with van der Waals surface area (Å²) in [6.45, 7) is 0. The highest BCUT2D eigenvalue weighted by Gasteiger charge is 2.65. The van der Waals surface area contributed by atoms with Gasteiger partial charge in [-0.1, -0.05) is 30.3 Å². The van der Waals surface area contributed by atoms with Gasteiger partial charge >= 0.3 is 12.1 Å². The second-order valence-electron chi connectivity index (χ2n) is 4.59. The van der Waals surface area contributed by atoms with Crippen LogP contribution >= 0.6 is 11.8 Å². The third-order valence-electron chi connectivity index (χ3n) is 2.95. The third kappa shape index (κ3) is 3.07. The van der Waals surface area contributed by atoms with Gasteiger partial charge in [-0.15, -0.1) is 0 Å². The first-order chi connectivity index (χ1) is 10.9. The molecule has 2 aromatic rings. The van der Waals surface area contributed by atoms with E-state index in [-0.39, 0.29) is 11.5 Å². The molecule has 0 spiro atoms. The molecule has 2 aromatic carbocycles. The zero-order chi connectivity index (χ0) is 16.5. The molecule has 0 aromatic heterocycles. The van der Waals surface area contributed by atoms with E-state index in [1.54, 1.807) is 35.6 Å². The molecular formula is C15H10F3NO3S. The van der Waals surface area contributed by atoms with Gasteiger partial charge in [-0.25, -0.2) is 0 Å². The number of benzene rings is 2. The highest BCUT2D eigenvalue weighted by atomic mass is 32.2. The van der Waals surface area contributed by atoms with E-state index >= 15 is 0 Å². The van der Waals surface area contributed by atoms with Gasteiger partial charge in [0.15, 0.2) is 11.5 Å². The Bertz CT molecular complexity index is 696. The number of carbonyl (C=O) groups excluding carboxylic acids is 1. The molecule has 0 fully saturated rings. The van der Waals surface area contributed by atoms with Gasteiger partial charge in [-0.2, -0.15) is 13.2 Å². The van der Waals surface area contributed by atoms with Crippen molar-refractivity contribution < 1.29 is 27.4 Å². The van der Waals surface area contributed by atoms with Gasteiger partial charge in [0.25, 0.3) is 5.24 Å². The second kappa shape index (κ2) is 5.69. The minimum absolute atomic E-state index is 0.0881. The van der Waals surface area contributed by atoms with E-state index in [2.05, 4.69) is 0 Å². The normalized spacial score (nSPS) is 15.3. The highest BCUT2D eigenvalue weighted by Crippen LogP contribution is 2.45. The number of amides is 1. The minimum Gasteiger partial charge on any atom is -0.424 e. The molecule has 1 aliphatic heterocycles. The Morgan fingerprint density at radius 2 is 1.48 bits per heavy atom. The lowest BCUT2D eigenvalue weighted by atomic mass is 10.3. The maximum atomic E-state index is 13.4. The fourth-order valence-corrected chi connectivity index (χ4v) is 2.64. The summed E-state index contributed by atoms with van der Waals surface area (Å²) in [5.74, 6) is -3.40. The number of nitrogens with one attached hydrogen (secondary N) is 1. The average Bonchev–Trinajstić information content (AvgIpc) is 2.87. The topological polar surface area (TPSA) is 47.6 Å². The summed E-state index contributed by atoms with van der Waals surface area (Å²) < 4.78 is 50.0. The quantitative estimate of drug-likeness (QED) is 0.833. The number of fused-ring (bicyclic) bond motifs is 1. The van der Waals surface area contributed by atoms with Gasteiger partial charge in [0, 0.05) is 4.90 Å². The molecule has 0 bridgehead atoms. The fourth-order valence-electron chi connectivity index (χ4n) is 1.94. The molecule has 0 atom stereocenters. The van der Waals surface area contributed by atoms with Crippen LogP contribution in [0, 0.1) is 0 Å². The summed E-state index contributed by atoms with van der Waals surface area (Å²) >= 11 is 0.614. The molecule has 0 unspecified atom stereocenters. The number of carbonyl (C=O) groups is 1. The number of hydrogen-bond donors (Lipinski definition) is 1. The molecule has 120 valence electrons. The van der Waals surface area contributed by atoms with Gasteiger partial charge in [-0.05, 0) is 36.0 Å². The number of alkyl halides is 3. The van der Waals surface area contributed by atoms with E-state index in [1.165, 1.54) is 24.3 Å². The lowest BCUT2D eigenvalue weighted by Crippen LogP contribution is -2.64.